The number of rotatable bonds is 5. The van der Waals surface area contributed by atoms with Crippen LogP contribution in [0, 0.1) is 5.92 Å². The van der Waals surface area contributed by atoms with Crippen molar-refractivity contribution in [3.05, 3.63) is 0 Å². The molecule has 0 aromatic carbocycles. The lowest BCUT2D eigenvalue weighted by Gasteiger charge is -2.31. The van der Waals surface area contributed by atoms with E-state index in [0.717, 1.165) is 6.54 Å². The fourth-order valence-corrected chi connectivity index (χ4v) is 2.41. The zero-order valence-electron chi connectivity index (χ0n) is 11.4. The number of hydrogen-bond acceptors (Lipinski definition) is 2. The summed E-state index contributed by atoms with van der Waals surface area (Å²) in [5.41, 5.74) is 0. The van der Waals surface area contributed by atoms with E-state index in [2.05, 4.69) is 40.0 Å². The molecule has 100 valence electrons. The third kappa shape index (κ3) is 4.59. The zero-order chi connectivity index (χ0) is 13.1. The van der Waals surface area contributed by atoms with Crippen LogP contribution in [-0.4, -0.2) is 40.8 Å². The minimum Gasteiger partial charge on any atom is -0.353 e. The number of amides is 1. The largest absolute Gasteiger partial charge is 0.353 e. The molecule has 1 aliphatic heterocycles. The van der Waals surface area contributed by atoms with Gasteiger partial charge in [-0.3, -0.25) is 9.69 Å². The second kappa shape index (κ2) is 6.19. The van der Waals surface area contributed by atoms with Crippen molar-refractivity contribution in [2.24, 2.45) is 5.92 Å². The highest BCUT2D eigenvalue weighted by molar-refractivity contribution is 9.10. The van der Waals surface area contributed by atoms with Gasteiger partial charge in [0.15, 0.2) is 0 Å². The van der Waals surface area contributed by atoms with Crippen LogP contribution in [0.15, 0.2) is 0 Å². The second-order valence-electron chi connectivity index (χ2n) is 5.74. The third-order valence-corrected chi connectivity index (χ3v) is 3.75. The van der Waals surface area contributed by atoms with Gasteiger partial charge in [0.1, 0.15) is 0 Å². The average Bonchev–Trinajstić information content (AvgIpc) is 2.69. The summed E-state index contributed by atoms with van der Waals surface area (Å²) < 4.78 is -0.473. The Bertz CT molecular complexity index is 255. The van der Waals surface area contributed by atoms with Crippen molar-refractivity contribution < 1.29 is 4.79 Å². The van der Waals surface area contributed by atoms with E-state index in [-0.39, 0.29) is 5.91 Å². The van der Waals surface area contributed by atoms with Crippen LogP contribution in [0.25, 0.3) is 0 Å². The van der Waals surface area contributed by atoms with Crippen molar-refractivity contribution in [3.63, 3.8) is 0 Å². The molecule has 0 aromatic rings. The van der Waals surface area contributed by atoms with E-state index in [0.29, 0.717) is 12.0 Å². The number of carbonyl (C=O) groups excluding carboxylic acids is 1. The molecule has 1 rings (SSSR count). The Labute approximate surface area is 113 Å². The van der Waals surface area contributed by atoms with Crippen LogP contribution in [0.4, 0.5) is 0 Å². The van der Waals surface area contributed by atoms with E-state index in [4.69, 9.17) is 0 Å². The average molecular weight is 305 g/mol. The van der Waals surface area contributed by atoms with Crippen LogP contribution in [0.2, 0.25) is 0 Å². The highest BCUT2D eigenvalue weighted by Gasteiger charge is 2.28. The highest BCUT2D eigenvalue weighted by atomic mass is 79.9. The van der Waals surface area contributed by atoms with E-state index < -0.39 is 4.32 Å². The fourth-order valence-electron chi connectivity index (χ4n) is 2.27. The Kier molecular flexibility index (Phi) is 5.45. The molecule has 1 amide bonds. The van der Waals surface area contributed by atoms with Gasteiger partial charge in [0.25, 0.3) is 0 Å². The number of nitrogens with one attached hydrogen (secondary N) is 1. The maximum Gasteiger partial charge on any atom is 0.236 e. The standard InChI is InChI=1S/C13H25BrN2O/c1-10(2)11(16-7-5-6-8-16)9-15-12(17)13(3,4)14/h10-11H,5-9H2,1-4H3,(H,15,17). The summed E-state index contributed by atoms with van der Waals surface area (Å²) in [6.45, 7) is 11.3. The Morgan fingerprint density at radius 3 is 2.29 bits per heavy atom. The van der Waals surface area contributed by atoms with E-state index >= 15 is 0 Å². The van der Waals surface area contributed by atoms with Gasteiger partial charge < -0.3 is 5.32 Å². The normalized spacial score (nSPS) is 19.6. The van der Waals surface area contributed by atoms with Crippen molar-refractivity contribution in [1.29, 1.82) is 0 Å². The Balaban J connectivity index is 2.47. The van der Waals surface area contributed by atoms with Gasteiger partial charge in [0.2, 0.25) is 5.91 Å². The molecule has 1 saturated heterocycles. The predicted molar refractivity (Wildman–Crippen MR) is 75.4 cm³/mol. The van der Waals surface area contributed by atoms with Gasteiger partial charge in [0.05, 0.1) is 4.32 Å². The monoisotopic (exact) mass is 304 g/mol. The number of carbonyl (C=O) groups is 1. The number of alkyl halides is 1. The predicted octanol–water partition coefficient (Wildman–Crippen LogP) is 2.40. The summed E-state index contributed by atoms with van der Waals surface area (Å²) >= 11 is 3.39. The molecule has 1 unspecified atom stereocenters. The summed E-state index contributed by atoms with van der Waals surface area (Å²) in [7, 11) is 0. The van der Waals surface area contributed by atoms with Gasteiger partial charge in [-0.2, -0.15) is 0 Å². The van der Waals surface area contributed by atoms with Crippen molar-refractivity contribution in [2.45, 2.75) is 50.9 Å². The molecule has 1 aliphatic rings. The van der Waals surface area contributed by atoms with Gasteiger partial charge in [-0.1, -0.05) is 29.8 Å². The van der Waals surface area contributed by atoms with Crippen LogP contribution in [0.1, 0.15) is 40.5 Å². The molecule has 1 fully saturated rings. The summed E-state index contributed by atoms with van der Waals surface area (Å²) in [6, 6.07) is 0.469. The topological polar surface area (TPSA) is 32.3 Å². The number of likely N-dealkylation sites (tertiary alicyclic amines) is 1. The smallest absolute Gasteiger partial charge is 0.236 e. The Morgan fingerprint density at radius 2 is 1.88 bits per heavy atom. The van der Waals surface area contributed by atoms with Crippen molar-refractivity contribution in [2.75, 3.05) is 19.6 Å². The van der Waals surface area contributed by atoms with E-state index in [1.165, 1.54) is 25.9 Å². The lowest BCUT2D eigenvalue weighted by molar-refractivity contribution is -0.122. The third-order valence-electron chi connectivity index (χ3n) is 3.39. The molecular weight excluding hydrogens is 280 g/mol. The van der Waals surface area contributed by atoms with E-state index in [1.807, 2.05) is 13.8 Å². The molecular formula is C13H25BrN2O. The minimum absolute atomic E-state index is 0.0716. The fraction of sp³-hybridized carbons (Fsp3) is 0.923. The molecule has 0 aromatic heterocycles. The molecule has 17 heavy (non-hydrogen) atoms. The second-order valence-corrected chi connectivity index (χ2v) is 7.72. The van der Waals surface area contributed by atoms with Crippen LogP contribution < -0.4 is 5.32 Å². The van der Waals surface area contributed by atoms with Crippen LogP contribution in [0.5, 0.6) is 0 Å². The van der Waals surface area contributed by atoms with Crippen LogP contribution in [-0.2, 0) is 4.79 Å². The number of nitrogens with zero attached hydrogens (tertiary/aromatic N) is 1. The molecule has 1 heterocycles. The maximum atomic E-state index is 11.8. The van der Waals surface area contributed by atoms with Crippen molar-refractivity contribution in [1.82, 2.24) is 10.2 Å². The molecule has 0 saturated carbocycles. The zero-order valence-corrected chi connectivity index (χ0v) is 13.0. The van der Waals surface area contributed by atoms with Gasteiger partial charge >= 0.3 is 0 Å². The lowest BCUT2D eigenvalue weighted by atomic mass is 10.0. The molecule has 0 bridgehead atoms. The molecule has 0 aliphatic carbocycles. The van der Waals surface area contributed by atoms with Crippen LogP contribution in [0.3, 0.4) is 0 Å². The van der Waals surface area contributed by atoms with E-state index in [9.17, 15) is 4.79 Å². The molecule has 1 N–H and O–H groups in total. The first-order chi connectivity index (χ1) is 7.82. The molecule has 4 heteroatoms. The maximum absolute atomic E-state index is 11.8. The summed E-state index contributed by atoms with van der Waals surface area (Å²) in [6.07, 6.45) is 2.59. The summed E-state index contributed by atoms with van der Waals surface area (Å²) in [5.74, 6) is 0.647. The van der Waals surface area contributed by atoms with Gasteiger partial charge in [0, 0.05) is 12.6 Å². The first-order valence-corrected chi connectivity index (χ1v) is 7.33. The Morgan fingerprint density at radius 1 is 1.35 bits per heavy atom. The first-order valence-electron chi connectivity index (χ1n) is 6.53. The minimum atomic E-state index is -0.473. The lowest BCUT2D eigenvalue weighted by Crippen LogP contribution is -2.48. The van der Waals surface area contributed by atoms with E-state index in [1.54, 1.807) is 0 Å². The number of halogens is 1. The van der Waals surface area contributed by atoms with Gasteiger partial charge in [-0.05, 0) is 45.7 Å². The highest BCUT2D eigenvalue weighted by Crippen LogP contribution is 2.19. The summed E-state index contributed by atoms with van der Waals surface area (Å²) in [4.78, 5) is 14.3. The van der Waals surface area contributed by atoms with Crippen molar-refractivity contribution >= 4 is 21.8 Å². The van der Waals surface area contributed by atoms with Gasteiger partial charge in [-0.25, -0.2) is 0 Å². The van der Waals surface area contributed by atoms with Crippen molar-refractivity contribution in [3.8, 4) is 0 Å². The van der Waals surface area contributed by atoms with Gasteiger partial charge in [-0.15, -0.1) is 0 Å². The Hall–Kier alpha value is -0.0900. The van der Waals surface area contributed by atoms with Crippen LogP contribution >= 0.6 is 15.9 Å². The first kappa shape index (κ1) is 15.0. The summed E-state index contributed by atoms with van der Waals surface area (Å²) in [5, 5.41) is 3.05. The molecule has 3 nitrogen and oxygen atoms in total. The number of hydrogen-bond donors (Lipinski definition) is 1. The quantitative estimate of drug-likeness (QED) is 0.791. The molecule has 1 atom stereocenters. The SMILES string of the molecule is CC(C)C(CNC(=O)C(C)(C)Br)N1CCCC1. The molecule has 0 radical (unpaired) electrons. The molecule has 0 spiro atoms.